The van der Waals surface area contributed by atoms with Crippen molar-refractivity contribution >= 4 is 10.0 Å². The smallest absolute Gasteiger partial charge is 0.225 e. The van der Waals surface area contributed by atoms with Crippen molar-refractivity contribution in [3.8, 4) is 0 Å². The molecule has 0 heterocycles. The third-order valence-corrected chi connectivity index (χ3v) is 2.29. The summed E-state index contributed by atoms with van der Waals surface area (Å²) < 4.78 is 21.6. The Hall–Kier alpha value is -0.870. The zero-order valence-corrected chi connectivity index (χ0v) is 6.64. The first kappa shape index (κ1) is 8.23. The Balaban J connectivity index is 3.37. The van der Waals surface area contributed by atoms with Crippen molar-refractivity contribution in [2.45, 2.75) is 4.90 Å². The number of primary sulfonamides is 1. The molecule has 0 bridgehead atoms. The van der Waals surface area contributed by atoms with Crippen LogP contribution in [0.1, 0.15) is 5.56 Å². The minimum Gasteiger partial charge on any atom is -0.225 e. The number of hydrogen-bond acceptors (Lipinski definition) is 2. The lowest BCUT2D eigenvalue weighted by Gasteiger charge is -1.99. The molecule has 0 atom stereocenters. The molecule has 1 rings (SSSR count). The summed E-state index contributed by atoms with van der Waals surface area (Å²) in [5.41, 5.74) is 0.426. The maximum absolute atomic E-state index is 10.8. The molecule has 0 spiro atoms. The molecule has 0 fully saturated rings. The summed E-state index contributed by atoms with van der Waals surface area (Å²) in [6, 6.07) is 6.34. The van der Waals surface area contributed by atoms with Crippen molar-refractivity contribution in [2.24, 2.45) is 5.14 Å². The van der Waals surface area contributed by atoms with Crippen LogP contribution in [-0.4, -0.2) is 8.42 Å². The van der Waals surface area contributed by atoms with Crippen LogP contribution in [0.3, 0.4) is 0 Å². The number of sulfonamides is 1. The molecule has 11 heavy (non-hydrogen) atoms. The molecule has 0 aliphatic carbocycles. The van der Waals surface area contributed by atoms with Crippen LogP contribution in [0.2, 0.25) is 0 Å². The second-order valence-electron chi connectivity index (χ2n) is 2.15. The van der Waals surface area contributed by atoms with Crippen LogP contribution >= 0.6 is 0 Å². The minimum absolute atomic E-state index is 0.0833. The molecule has 1 aromatic carbocycles. The summed E-state index contributed by atoms with van der Waals surface area (Å²) in [6.07, 6.45) is 0. The molecule has 0 aromatic heterocycles. The molecule has 0 saturated heterocycles. The van der Waals surface area contributed by atoms with Gasteiger partial charge in [0.05, 0.1) is 4.90 Å². The van der Waals surface area contributed by atoms with Gasteiger partial charge in [0.25, 0.3) is 0 Å². The molecule has 0 aliphatic heterocycles. The van der Waals surface area contributed by atoms with Gasteiger partial charge in [0.1, 0.15) is 0 Å². The van der Waals surface area contributed by atoms with Crippen molar-refractivity contribution in [3.05, 3.63) is 36.8 Å². The van der Waals surface area contributed by atoms with Gasteiger partial charge in [-0.15, -0.1) is 0 Å². The van der Waals surface area contributed by atoms with Gasteiger partial charge < -0.3 is 0 Å². The molecular formula is C7H8NO2S. The summed E-state index contributed by atoms with van der Waals surface area (Å²) in [4.78, 5) is 0.0833. The fourth-order valence-corrected chi connectivity index (χ4v) is 1.48. The summed E-state index contributed by atoms with van der Waals surface area (Å²) in [5.74, 6) is 0. The van der Waals surface area contributed by atoms with E-state index in [2.05, 4.69) is 6.92 Å². The Bertz CT molecular complexity index is 356. The Morgan fingerprint density at radius 3 is 2.18 bits per heavy atom. The molecule has 59 valence electrons. The summed E-state index contributed by atoms with van der Waals surface area (Å²) in [6.45, 7) is 3.53. The van der Waals surface area contributed by atoms with Gasteiger partial charge in [-0.3, -0.25) is 0 Å². The lowest BCUT2D eigenvalue weighted by Crippen LogP contribution is -2.13. The van der Waals surface area contributed by atoms with Gasteiger partial charge in [0.15, 0.2) is 0 Å². The number of rotatable bonds is 1. The highest BCUT2D eigenvalue weighted by molar-refractivity contribution is 7.89. The zero-order chi connectivity index (χ0) is 8.48. The van der Waals surface area contributed by atoms with Crippen LogP contribution in [0.15, 0.2) is 29.2 Å². The molecule has 1 aromatic rings. The Labute approximate surface area is 65.9 Å². The van der Waals surface area contributed by atoms with E-state index < -0.39 is 10.0 Å². The van der Waals surface area contributed by atoms with Crippen molar-refractivity contribution < 1.29 is 8.42 Å². The van der Waals surface area contributed by atoms with Gasteiger partial charge in [-0.1, -0.05) is 18.2 Å². The van der Waals surface area contributed by atoms with Gasteiger partial charge in [0.2, 0.25) is 10.0 Å². The van der Waals surface area contributed by atoms with Gasteiger partial charge >= 0.3 is 0 Å². The van der Waals surface area contributed by atoms with E-state index in [1.54, 1.807) is 18.2 Å². The first-order valence-electron chi connectivity index (χ1n) is 2.95. The zero-order valence-electron chi connectivity index (χ0n) is 5.82. The van der Waals surface area contributed by atoms with Crippen LogP contribution < -0.4 is 5.14 Å². The molecule has 2 N–H and O–H groups in total. The van der Waals surface area contributed by atoms with E-state index in [-0.39, 0.29) is 4.90 Å². The molecular weight excluding hydrogens is 162 g/mol. The largest absolute Gasteiger partial charge is 0.238 e. The lowest BCUT2D eigenvalue weighted by atomic mass is 10.2. The summed E-state index contributed by atoms with van der Waals surface area (Å²) in [5, 5.41) is 4.89. The van der Waals surface area contributed by atoms with E-state index in [4.69, 9.17) is 5.14 Å². The summed E-state index contributed by atoms with van der Waals surface area (Å²) in [7, 11) is -3.60. The van der Waals surface area contributed by atoms with Crippen molar-refractivity contribution in [1.82, 2.24) is 0 Å². The van der Waals surface area contributed by atoms with Gasteiger partial charge in [0, 0.05) is 0 Å². The van der Waals surface area contributed by atoms with E-state index in [1.807, 2.05) is 0 Å². The van der Waals surface area contributed by atoms with Gasteiger partial charge in [-0.2, -0.15) is 0 Å². The molecule has 1 radical (unpaired) electrons. The van der Waals surface area contributed by atoms with E-state index in [9.17, 15) is 8.42 Å². The summed E-state index contributed by atoms with van der Waals surface area (Å²) >= 11 is 0. The average Bonchev–Trinajstić information content (AvgIpc) is 1.86. The fourth-order valence-electron chi connectivity index (χ4n) is 0.781. The number of hydrogen-bond donors (Lipinski definition) is 1. The highest BCUT2D eigenvalue weighted by Gasteiger charge is 2.08. The third-order valence-electron chi connectivity index (χ3n) is 1.28. The van der Waals surface area contributed by atoms with Crippen LogP contribution in [0, 0.1) is 6.92 Å². The highest BCUT2D eigenvalue weighted by atomic mass is 32.2. The molecule has 0 unspecified atom stereocenters. The van der Waals surface area contributed by atoms with E-state index in [1.165, 1.54) is 6.07 Å². The average molecular weight is 170 g/mol. The molecule has 0 amide bonds. The first-order valence-corrected chi connectivity index (χ1v) is 4.50. The van der Waals surface area contributed by atoms with Crippen LogP contribution in [0.25, 0.3) is 0 Å². The van der Waals surface area contributed by atoms with E-state index >= 15 is 0 Å². The predicted octanol–water partition coefficient (Wildman–Crippen LogP) is 0.516. The molecule has 3 nitrogen and oxygen atoms in total. The topological polar surface area (TPSA) is 60.2 Å². The van der Waals surface area contributed by atoms with E-state index in [0.29, 0.717) is 5.56 Å². The Kier molecular flexibility index (Phi) is 1.97. The van der Waals surface area contributed by atoms with E-state index in [0.717, 1.165) is 0 Å². The quantitative estimate of drug-likeness (QED) is 0.667. The van der Waals surface area contributed by atoms with Gasteiger partial charge in [-0.05, 0) is 18.6 Å². The SMILES string of the molecule is [CH2]c1ccccc1S(N)(=O)=O. The maximum Gasteiger partial charge on any atom is 0.238 e. The fraction of sp³-hybridized carbons (Fsp3) is 0. The second-order valence-corrected chi connectivity index (χ2v) is 3.68. The van der Waals surface area contributed by atoms with Crippen molar-refractivity contribution in [2.75, 3.05) is 0 Å². The van der Waals surface area contributed by atoms with Crippen LogP contribution in [0.4, 0.5) is 0 Å². The van der Waals surface area contributed by atoms with Crippen molar-refractivity contribution in [1.29, 1.82) is 0 Å². The predicted molar refractivity (Wildman–Crippen MR) is 42.3 cm³/mol. The standard InChI is InChI=1S/C7H8NO2S/c1-6-4-2-3-5-7(6)11(8,9)10/h2-5H,1H2,(H2,8,9,10). The van der Waals surface area contributed by atoms with Crippen molar-refractivity contribution in [3.63, 3.8) is 0 Å². The Morgan fingerprint density at radius 1 is 1.27 bits per heavy atom. The third kappa shape index (κ3) is 1.78. The van der Waals surface area contributed by atoms with Crippen LogP contribution in [-0.2, 0) is 10.0 Å². The first-order chi connectivity index (χ1) is 5.02. The highest BCUT2D eigenvalue weighted by Crippen LogP contribution is 2.10. The maximum atomic E-state index is 10.8. The molecule has 0 saturated carbocycles. The van der Waals surface area contributed by atoms with Gasteiger partial charge in [-0.25, -0.2) is 13.6 Å². The molecule has 4 heteroatoms. The number of nitrogens with two attached hydrogens (primary N) is 1. The lowest BCUT2D eigenvalue weighted by molar-refractivity contribution is 0.597. The van der Waals surface area contributed by atoms with Crippen LogP contribution in [0.5, 0.6) is 0 Å². The second kappa shape index (κ2) is 2.64. The monoisotopic (exact) mass is 170 g/mol. The normalized spacial score (nSPS) is 11.5. The number of benzene rings is 1. The molecule has 0 aliphatic rings. The minimum atomic E-state index is -3.60. The Morgan fingerprint density at radius 2 is 1.82 bits per heavy atom.